The topological polar surface area (TPSA) is 40.5 Å². The summed E-state index contributed by atoms with van der Waals surface area (Å²) in [6.07, 6.45) is 12.2. The maximum Gasteiger partial charge on any atom is 0.119 e. The lowest BCUT2D eigenvalue weighted by Gasteiger charge is -2.21. The molecule has 0 aromatic heterocycles. The number of rotatable bonds is 6. The zero-order valence-corrected chi connectivity index (χ0v) is 15.6. The zero-order valence-electron chi connectivity index (χ0n) is 15.6. The van der Waals surface area contributed by atoms with Crippen LogP contribution in [0.15, 0.2) is 66.8 Å². The molecule has 0 bridgehead atoms. The third-order valence-corrected chi connectivity index (χ3v) is 5.34. The van der Waals surface area contributed by atoms with Crippen LogP contribution in [0.1, 0.15) is 67.6 Å². The van der Waals surface area contributed by atoms with Crippen molar-refractivity contribution in [2.75, 3.05) is 0 Å². The van der Waals surface area contributed by atoms with E-state index in [1.807, 2.05) is 24.3 Å². The van der Waals surface area contributed by atoms with E-state index >= 15 is 0 Å². The van der Waals surface area contributed by atoms with Gasteiger partial charge in [-0.2, -0.15) is 0 Å². The Bertz CT molecular complexity index is 772. The number of allylic oxidation sites excluding steroid dienone is 4. The average Bonchev–Trinajstić information content (AvgIpc) is 2.67. The monoisotopic (exact) mass is 348 g/mol. The van der Waals surface area contributed by atoms with Crippen LogP contribution in [0.4, 0.5) is 0 Å². The van der Waals surface area contributed by atoms with Gasteiger partial charge in [-0.15, -0.1) is 0 Å². The molecule has 2 aromatic rings. The van der Waals surface area contributed by atoms with E-state index in [1.54, 1.807) is 12.1 Å². The lowest BCUT2D eigenvalue weighted by Crippen LogP contribution is -2.03. The molecule has 0 fully saturated rings. The number of hydrogen-bond donors (Lipinski definition) is 2. The summed E-state index contributed by atoms with van der Waals surface area (Å²) >= 11 is 0. The maximum atomic E-state index is 10.3. The first-order valence-electron chi connectivity index (χ1n) is 9.60. The Labute approximate surface area is 156 Å². The van der Waals surface area contributed by atoms with E-state index in [1.165, 1.54) is 11.1 Å². The molecule has 0 aliphatic heterocycles. The number of phenolic OH excluding ortho intramolecular Hbond substituents is 2. The van der Waals surface area contributed by atoms with Crippen molar-refractivity contribution in [2.45, 2.75) is 50.9 Å². The molecule has 2 aromatic carbocycles. The Morgan fingerprint density at radius 3 is 1.96 bits per heavy atom. The molecular formula is C24H28O2. The number of hydrogen-bond acceptors (Lipinski definition) is 2. The molecule has 1 atom stereocenters. The van der Waals surface area contributed by atoms with Crippen LogP contribution in [-0.2, 0) is 0 Å². The molecule has 1 aliphatic carbocycles. The Kier molecular flexibility index (Phi) is 5.82. The maximum absolute atomic E-state index is 10.3. The molecule has 2 heteroatoms. The van der Waals surface area contributed by atoms with E-state index in [0.717, 1.165) is 24.8 Å². The van der Waals surface area contributed by atoms with Crippen molar-refractivity contribution in [3.63, 3.8) is 0 Å². The van der Waals surface area contributed by atoms with Gasteiger partial charge in [0.05, 0.1) is 0 Å². The van der Waals surface area contributed by atoms with Gasteiger partial charge in [0.15, 0.2) is 0 Å². The minimum Gasteiger partial charge on any atom is -0.508 e. The summed E-state index contributed by atoms with van der Waals surface area (Å²) in [6, 6.07) is 13.4. The first kappa shape index (κ1) is 18.3. The predicted molar refractivity (Wildman–Crippen MR) is 108 cm³/mol. The first-order valence-corrected chi connectivity index (χ1v) is 9.60. The summed E-state index contributed by atoms with van der Waals surface area (Å²) in [4.78, 5) is 0. The molecule has 2 nitrogen and oxygen atoms in total. The quantitative estimate of drug-likeness (QED) is 0.594. The van der Waals surface area contributed by atoms with Gasteiger partial charge in [0.25, 0.3) is 0 Å². The second-order valence-corrected chi connectivity index (χ2v) is 7.12. The van der Waals surface area contributed by atoms with Gasteiger partial charge in [0, 0.05) is 11.8 Å². The van der Waals surface area contributed by atoms with Crippen molar-refractivity contribution in [3.8, 4) is 11.5 Å². The molecule has 0 spiro atoms. The van der Waals surface area contributed by atoms with Crippen molar-refractivity contribution in [3.05, 3.63) is 83.5 Å². The molecule has 0 radical (unpaired) electrons. The van der Waals surface area contributed by atoms with Gasteiger partial charge in [-0.25, -0.2) is 0 Å². The van der Waals surface area contributed by atoms with Crippen molar-refractivity contribution >= 4 is 0 Å². The standard InChI is InChI=1S/C24H28O2/c1-3-5-17(4-2)23-16-21(12-15-24(23)26)20-8-6-18(7-9-20)19-10-13-22(25)14-11-19/h6-18,20,25-26H,3-5H2,1-2H3. The SMILES string of the molecule is CCCC(CC)c1cc(C2C=CC(c3ccc(O)cc3)C=C2)ccc1O. The highest BCUT2D eigenvalue weighted by molar-refractivity contribution is 5.44. The summed E-state index contributed by atoms with van der Waals surface area (Å²) in [5, 5.41) is 19.8. The van der Waals surface area contributed by atoms with E-state index in [4.69, 9.17) is 0 Å². The van der Waals surface area contributed by atoms with Crippen LogP contribution in [0.5, 0.6) is 11.5 Å². The van der Waals surface area contributed by atoms with Gasteiger partial charge in [-0.05, 0) is 53.6 Å². The molecule has 1 aliphatic rings. The number of phenols is 2. The van der Waals surface area contributed by atoms with Crippen molar-refractivity contribution in [2.24, 2.45) is 0 Å². The lowest BCUT2D eigenvalue weighted by atomic mass is 9.84. The van der Waals surface area contributed by atoms with Gasteiger partial charge in [0.1, 0.15) is 11.5 Å². The highest BCUT2D eigenvalue weighted by atomic mass is 16.3. The third kappa shape index (κ3) is 4.01. The summed E-state index contributed by atoms with van der Waals surface area (Å²) < 4.78 is 0. The summed E-state index contributed by atoms with van der Waals surface area (Å²) in [6.45, 7) is 4.38. The van der Waals surface area contributed by atoms with E-state index in [-0.39, 0.29) is 11.8 Å². The molecule has 2 N–H and O–H groups in total. The van der Waals surface area contributed by atoms with E-state index < -0.39 is 0 Å². The van der Waals surface area contributed by atoms with Crippen molar-refractivity contribution in [1.82, 2.24) is 0 Å². The molecular weight excluding hydrogens is 320 g/mol. The summed E-state index contributed by atoms with van der Waals surface area (Å²) in [5.74, 6) is 1.61. The van der Waals surface area contributed by atoms with Crippen LogP contribution >= 0.6 is 0 Å². The van der Waals surface area contributed by atoms with E-state index in [9.17, 15) is 10.2 Å². The first-order chi connectivity index (χ1) is 12.6. The van der Waals surface area contributed by atoms with E-state index in [2.05, 4.69) is 44.2 Å². The molecule has 0 saturated heterocycles. The molecule has 0 amide bonds. The van der Waals surface area contributed by atoms with Gasteiger partial charge >= 0.3 is 0 Å². The molecule has 3 rings (SSSR count). The highest BCUT2D eigenvalue weighted by Gasteiger charge is 2.17. The zero-order chi connectivity index (χ0) is 18.5. The minimum atomic E-state index is 0.238. The van der Waals surface area contributed by atoms with Gasteiger partial charge in [-0.3, -0.25) is 0 Å². The third-order valence-electron chi connectivity index (χ3n) is 5.34. The second kappa shape index (κ2) is 8.27. The predicted octanol–water partition coefficient (Wildman–Crippen LogP) is 6.38. The summed E-state index contributed by atoms with van der Waals surface area (Å²) in [7, 11) is 0. The Morgan fingerprint density at radius 1 is 0.808 bits per heavy atom. The Balaban J connectivity index is 1.79. The van der Waals surface area contributed by atoms with Gasteiger partial charge in [0.2, 0.25) is 0 Å². The number of aromatic hydroxyl groups is 2. The van der Waals surface area contributed by atoms with Gasteiger partial charge in [-0.1, -0.05) is 68.8 Å². The van der Waals surface area contributed by atoms with Crippen LogP contribution in [0.25, 0.3) is 0 Å². The fraction of sp³-hybridized carbons (Fsp3) is 0.333. The minimum absolute atomic E-state index is 0.238. The van der Waals surface area contributed by atoms with Crippen LogP contribution in [0, 0.1) is 0 Å². The van der Waals surface area contributed by atoms with Crippen LogP contribution in [0.2, 0.25) is 0 Å². The van der Waals surface area contributed by atoms with Crippen LogP contribution < -0.4 is 0 Å². The van der Waals surface area contributed by atoms with Crippen molar-refractivity contribution < 1.29 is 10.2 Å². The Morgan fingerprint density at radius 2 is 1.38 bits per heavy atom. The van der Waals surface area contributed by atoms with Crippen molar-refractivity contribution in [1.29, 1.82) is 0 Å². The molecule has 136 valence electrons. The van der Waals surface area contributed by atoms with Crippen LogP contribution in [0.3, 0.4) is 0 Å². The highest BCUT2D eigenvalue weighted by Crippen LogP contribution is 2.36. The molecule has 0 heterocycles. The van der Waals surface area contributed by atoms with Crippen LogP contribution in [-0.4, -0.2) is 10.2 Å². The molecule has 0 saturated carbocycles. The fourth-order valence-electron chi connectivity index (χ4n) is 3.78. The summed E-state index contributed by atoms with van der Waals surface area (Å²) in [5.41, 5.74) is 3.48. The van der Waals surface area contributed by atoms with E-state index in [0.29, 0.717) is 17.4 Å². The Hall–Kier alpha value is -2.48. The molecule has 26 heavy (non-hydrogen) atoms. The normalized spacial score (nSPS) is 20.2. The van der Waals surface area contributed by atoms with Gasteiger partial charge < -0.3 is 10.2 Å². The fourth-order valence-corrected chi connectivity index (χ4v) is 3.78. The largest absolute Gasteiger partial charge is 0.508 e. The molecule has 1 unspecified atom stereocenters. The lowest BCUT2D eigenvalue weighted by molar-refractivity contribution is 0.454. The second-order valence-electron chi connectivity index (χ2n) is 7.12. The number of benzene rings is 2. The average molecular weight is 348 g/mol. The smallest absolute Gasteiger partial charge is 0.119 e.